The lowest BCUT2D eigenvalue weighted by molar-refractivity contribution is 0.395. The first-order chi connectivity index (χ1) is 8.54. The Morgan fingerprint density at radius 2 is 1.83 bits per heavy atom. The molecule has 0 amide bonds. The standard InChI is InChI=1S/C12H17BrN2O2S/c1-3-8-14-11-7-5-6-10(13)12(11)18(16,17)15(14)9-4-2/h5-7H,3-4,8-9H2,1-2H3. The zero-order valence-electron chi connectivity index (χ0n) is 10.6. The Hall–Kier alpha value is -0.590. The van der Waals surface area contributed by atoms with Gasteiger partial charge in [-0.25, -0.2) is 8.42 Å². The van der Waals surface area contributed by atoms with Crippen molar-refractivity contribution in [3.63, 3.8) is 0 Å². The van der Waals surface area contributed by atoms with Crippen LogP contribution in [0.4, 0.5) is 5.69 Å². The Bertz CT molecular complexity index is 545. The van der Waals surface area contributed by atoms with Gasteiger partial charge in [0.1, 0.15) is 4.90 Å². The second kappa shape index (κ2) is 5.19. The van der Waals surface area contributed by atoms with Crippen molar-refractivity contribution in [3.05, 3.63) is 22.7 Å². The van der Waals surface area contributed by atoms with E-state index in [0.29, 0.717) is 22.5 Å². The van der Waals surface area contributed by atoms with Crippen LogP contribution < -0.4 is 5.01 Å². The van der Waals surface area contributed by atoms with Gasteiger partial charge >= 0.3 is 0 Å². The van der Waals surface area contributed by atoms with Gasteiger partial charge in [0, 0.05) is 17.6 Å². The van der Waals surface area contributed by atoms with Crippen LogP contribution in [0.25, 0.3) is 0 Å². The Morgan fingerprint density at radius 3 is 2.44 bits per heavy atom. The Morgan fingerprint density at radius 1 is 1.17 bits per heavy atom. The fraction of sp³-hybridized carbons (Fsp3) is 0.500. The summed E-state index contributed by atoms with van der Waals surface area (Å²) in [6.45, 7) is 5.26. The third-order valence-corrected chi connectivity index (χ3v) is 5.68. The molecule has 2 rings (SSSR count). The third-order valence-electron chi connectivity index (χ3n) is 2.88. The lowest BCUT2D eigenvalue weighted by atomic mass is 10.3. The lowest BCUT2D eigenvalue weighted by Gasteiger charge is -2.27. The Kier molecular flexibility index (Phi) is 3.99. The van der Waals surface area contributed by atoms with Crippen LogP contribution in [-0.2, 0) is 10.0 Å². The van der Waals surface area contributed by atoms with E-state index in [-0.39, 0.29) is 0 Å². The molecule has 18 heavy (non-hydrogen) atoms. The highest BCUT2D eigenvalue weighted by Crippen LogP contribution is 2.41. The molecule has 0 unspecified atom stereocenters. The van der Waals surface area contributed by atoms with Crippen LogP contribution in [0.2, 0.25) is 0 Å². The molecule has 0 N–H and O–H groups in total. The van der Waals surface area contributed by atoms with Crippen LogP contribution in [0, 0.1) is 0 Å². The molecule has 6 heteroatoms. The highest BCUT2D eigenvalue weighted by Gasteiger charge is 2.41. The predicted molar refractivity (Wildman–Crippen MR) is 76.0 cm³/mol. The van der Waals surface area contributed by atoms with Crippen molar-refractivity contribution in [3.8, 4) is 0 Å². The van der Waals surface area contributed by atoms with Crippen LogP contribution in [0.15, 0.2) is 27.6 Å². The van der Waals surface area contributed by atoms with Gasteiger partial charge in [-0.1, -0.05) is 19.9 Å². The number of anilines is 1. The van der Waals surface area contributed by atoms with Gasteiger partial charge in [0.25, 0.3) is 10.0 Å². The quantitative estimate of drug-likeness (QED) is 0.850. The van der Waals surface area contributed by atoms with E-state index in [1.54, 1.807) is 6.07 Å². The number of hydrogen-bond donors (Lipinski definition) is 0. The number of nitrogens with zero attached hydrogens (tertiary/aromatic N) is 2. The van der Waals surface area contributed by atoms with Crippen molar-refractivity contribution in [2.75, 3.05) is 18.1 Å². The molecule has 1 aromatic rings. The molecular weight excluding hydrogens is 316 g/mol. The Balaban J connectivity index is 2.59. The first kappa shape index (κ1) is 13.8. The summed E-state index contributed by atoms with van der Waals surface area (Å²) in [5, 5.41) is 1.87. The van der Waals surface area contributed by atoms with Crippen molar-refractivity contribution in [2.45, 2.75) is 31.6 Å². The monoisotopic (exact) mass is 332 g/mol. The largest absolute Gasteiger partial charge is 0.291 e. The van der Waals surface area contributed by atoms with Crippen molar-refractivity contribution in [2.24, 2.45) is 0 Å². The van der Waals surface area contributed by atoms with Crippen molar-refractivity contribution in [1.29, 1.82) is 0 Å². The molecule has 0 atom stereocenters. The minimum atomic E-state index is -3.40. The molecule has 0 aliphatic carbocycles. The number of sulfonamides is 1. The Labute approximate surface area is 117 Å². The molecule has 0 aromatic heterocycles. The molecule has 0 fully saturated rings. The van der Waals surface area contributed by atoms with Crippen molar-refractivity contribution >= 4 is 31.6 Å². The molecule has 1 aliphatic rings. The molecule has 1 aliphatic heterocycles. The van der Waals surface area contributed by atoms with Crippen LogP contribution in [0.3, 0.4) is 0 Å². The van der Waals surface area contributed by atoms with Gasteiger partial charge < -0.3 is 0 Å². The zero-order valence-corrected chi connectivity index (χ0v) is 13.0. The second-order valence-corrected chi connectivity index (χ2v) is 6.90. The van der Waals surface area contributed by atoms with Gasteiger partial charge in [0.2, 0.25) is 0 Å². The van der Waals surface area contributed by atoms with Gasteiger partial charge in [0.15, 0.2) is 0 Å². The zero-order chi connectivity index (χ0) is 13.3. The molecule has 1 heterocycles. The molecule has 1 aromatic carbocycles. The molecule has 100 valence electrons. The number of benzene rings is 1. The molecule has 0 bridgehead atoms. The van der Waals surface area contributed by atoms with Crippen LogP contribution in [-0.4, -0.2) is 25.9 Å². The van der Waals surface area contributed by atoms with Crippen LogP contribution >= 0.6 is 15.9 Å². The minimum Gasteiger partial charge on any atom is -0.291 e. The number of hydrazine groups is 1. The van der Waals surface area contributed by atoms with E-state index >= 15 is 0 Å². The minimum absolute atomic E-state index is 0.395. The first-order valence-electron chi connectivity index (χ1n) is 6.12. The van der Waals surface area contributed by atoms with Crippen LogP contribution in [0.1, 0.15) is 26.7 Å². The number of rotatable bonds is 4. The van der Waals surface area contributed by atoms with Crippen molar-refractivity contribution < 1.29 is 8.42 Å². The summed E-state index contributed by atoms with van der Waals surface area (Å²) in [6, 6.07) is 5.51. The van der Waals surface area contributed by atoms with Gasteiger partial charge in [0.05, 0.1) is 5.69 Å². The van der Waals surface area contributed by atoms with Crippen LogP contribution in [0.5, 0.6) is 0 Å². The van der Waals surface area contributed by atoms with E-state index in [1.165, 1.54) is 4.41 Å². The van der Waals surface area contributed by atoms with E-state index in [0.717, 1.165) is 18.5 Å². The summed E-state index contributed by atoms with van der Waals surface area (Å²) >= 11 is 3.35. The summed E-state index contributed by atoms with van der Waals surface area (Å²) in [7, 11) is -3.40. The molecule has 0 radical (unpaired) electrons. The topological polar surface area (TPSA) is 40.6 Å². The highest BCUT2D eigenvalue weighted by atomic mass is 79.9. The smallest absolute Gasteiger partial charge is 0.263 e. The number of fused-ring (bicyclic) bond motifs is 1. The van der Waals surface area contributed by atoms with E-state index in [4.69, 9.17) is 0 Å². The number of hydrogen-bond acceptors (Lipinski definition) is 3. The van der Waals surface area contributed by atoms with Crippen molar-refractivity contribution in [1.82, 2.24) is 4.41 Å². The predicted octanol–water partition coefficient (Wildman–Crippen LogP) is 2.99. The summed E-state index contributed by atoms with van der Waals surface area (Å²) < 4.78 is 27.2. The third kappa shape index (κ3) is 2.06. The van der Waals surface area contributed by atoms with E-state index in [2.05, 4.69) is 15.9 Å². The average Bonchev–Trinajstić information content (AvgIpc) is 2.52. The summed E-state index contributed by atoms with van der Waals surface area (Å²) in [6.07, 6.45) is 1.70. The van der Waals surface area contributed by atoms with E-state index in [9.17, 15) is 8.42 Å². The fourth-order valence-corrected chi connectivity index (χ4v) is 4.97. The van der Waals surface area contributed by atoms with Gasteiger partial charge in [-0.2, -0.15) is 0 Å². The fourth-order valence-electron chi connectivity index (χ4n) is 2.19. The molecule has 4 nitrogen and oxygen atoms in total. The van der Waals surface area contributed by atoms with Gasteiger partial charge in [-0.3, -0.25) is 5.01 Å². The second-order valence-electron chi connectivity index (χ2n) is 4.26. The summed E-state index contributed by atoms with van der Waals surface area (Å²) in [5.74, 6) is 0. The van der Waals surface area contributed by atoms with Gasteiger partial charge in [-0.05, 0) is 40.9 Å². The first-order valence-corrected chi connectivity index (χ1v) is 8.36. The number of halogens is 1. The molecule has 0 spiro atoms. The van der Waals surface area contributed by atoms with E-state index in [1.807, 2.05) is 31.0 Å². The highest BCUT2D eigenvalue weighted by molar-refractivity contribution is 9.10. The molecular formula is C12H17BrN2O2S. The SMILES string of the molecule is CCCN1c2cccc(Br)c2S(=O)(=O)N1CCC. The molecule has 0 saturated heterocycles. The average molecular weight is 333 g/mol. The lowest BCUT2D eigenvalue weighted by Crippen LogP contribution is -2.42. The maximum Gasteiger partial charge on any atom is 0.263 e. The molecule has 0 saturated carbocycles. The maximum atomic E-state index is 12.5. The summed E-state index contributed by atoms with van der Waals surface area (Å²) in [4.78, 5) is 0.395. The van der Waals surface area contributed by atoms with Gasteiger partial charge in [-0.15, -0.1) is 4.41 Å². The maximum absolute atomic E-state index is 12.5. The van der Waals surface area contributed by atoms with E-state index < -0.39 is 10.0 Å². The summed E-state index contributed by atoms with van der Waals surface area (Å²) in [5.41, 5.74) is 0.777. The normalized spacial score (nSPS) is 18.1.